The molecule has 29 heavy (non-hydrogen) atoms. The van der Waals surface area contributed by atoms with Crippen molar-refractivity contribution < 1.29 is 0 Å². The first kappa shape index (κ1) is 17.5. The third-order valence-electron chi connectivity index (χ3n) is 5.25. The van der Waals surface area contributed by atoms with Crippen molar-refractivity contribution in [1.29, 1.82) is 0 Å². The number of aromatic nitrogens is 5. The van der Waals surface area contributed by atoms with E-state index in [0.717, 1.165) is 40.0 Å². The summed E-state index contributed by atoms with van der Waals surface area (Å²) in [5.74, 6) is 1.59. The number of nitrogens with two attached hydrogens (primary N) is 1. The second-order valence-corrected chi connectivity index (χ2v) is 7.42. The maximum absolute atomic E-state index is 5.83. The van der Waals surface area contributed by atoms with Gasteiger partial charge in [-0.05, 0) is 43.4 Å². The Balaban J connectivity index is 1.50. The Labute approximate surface area is 168 Å². The van der Waals surface area contributed by atoms with Gasteiger partial charge in [0.15, 0.2) is 0 Å². The fourth-order valence-corrected chi connectivity index (χ4v) is 3.42. The Morgan fingerprint density at radius 1 is 1.03 bits per heavy atom. The first-order chi connectivity index (χ1) is 14.2. The molecule has 0 radical (unpaired) electrons. The standard InChI is InChI=1S/C22H21N7/c1-29(16-11-15-4-2-3-5-18(15)25-12-16)22-24-9-8-19(28-22)17-13-26-21(23)27-20(17)10-14-6-7-14/h2-5,8-9,11-14H,6-7,10H2,1H3,(H2,23,26,27). The van der Waals surface area contributed by atoms with Crippen LogP contribution in [-0.4, -0.2) is 32.0 Å². The van der Waals surface area contributed by atoms with Crippen LogP contribution in [0.1, 0.15) is 18.5 Å². The van der Waals surface area contributed by atoms with Crippen molar-refractivity contribution in [1.82, 2.24) is 24.9 Å². The summed E-state index contributed by atoms with van der Waals surface area (Å²) in [6.45, 7) is 0. The van der Waals surface area contributed by atoms with Gasteiger partial charge < -0.3 is 10.6 Å². The van der Waals surface area contributed by atoms with Crippen LogP contribution in [0.2, 0.25) is 0 Å². The first-order valence-electron chi connectivity index (χ1n) is 9.71. The van der Waals surface area contributed by atoms with Gasteiger partial charge in [0.1, 0.15) is 0 Å². The third-order valence-corrected chi connectivity index (χ3v) is 5.25. The van der Waals surface area contributed by atoms with Gasteiger partial charge in [-0.3, -0.25) is 4.98 Å². The van der Waals surface area contributed by atoms with Crippen molar-refractivity contribution in [2.24, 2.45) is 5.92 Å². The average molecular weight is 383 g/mol. The largest absolute Gasteiger partial charge is 0.368 e. The second-order valence-electron chi connectivity index (χ2n) is 7.42. The molecule has 0 bridgehead atoms. The summed E-state index contributed by atoms with van der Waals surface area (Å²) in [5, 5.41) is 1.08. The van der Waals surface area contributed by atoms with E-state index in [-0.39, 0.29) is 0 Å². The van der Waals surface area contributed by atoms with E-state index < -0.39 is 0 Å². The Bertz CT molecular complexity index is 1190. The summed E-state index contributed by atoms with van der Waals surface area (Å²) in [5.41, 5.74) is 10.4. The van der Waals surface area contributed by atoms with Crippen LogP contribution in [0.5, 0.6) is 0 Å². The predicted molar refractivity (Wildman–Crippen MR) is 114 cm³/mol. The second kappa shape index (κ2) is 7.09. The molecule has 7 nitrogen and oxygen atoms in total. The van der Waals surface area contributed by atoms with Gasteiger partial charge in [0.2, 0.25) is 11.9 Å². The predicted octanol–water partition coefficient (Wildman–Crippen LogP) is 3.78. The lowest BCUT2D eigenvalue weighted by molar-refractivity contribution is 0.802. The molecule has 144 valence electrons. The highest BCUT2D eigenvalue weighted by Gasteiger charge is 2.24. The van der Waals surface area contributed by atoms with E-state index in [1.807, 2.05) is 48.5 Å². The van der Waals surface area contributed by atoms with Crippen LogP contribution in [0.3, 0.4) is 0 Å². The Hall–Kier alpha value is -3.61. The van der Waals surface area contributed by atoms with Crippen molar-refractivity contribution in [3.05, 3.63) is 60.7 Å². The lowest BCUT2D eigenvalue weighted by atomic mass is 10.1. The summed E-state index contributed by atoms with van der Waals surface area (Å²) >= 11 is 0. The normalized spacial score (nSPS) is 13.6. The van der Waals surface area contributed by atoms with Crippen molar-refractivity contribution in [2.75, 3.05) is 17.7 Å². The minimum atomic E-state index is 0.304. The van der Waals surface area contributed by atoms with Crippen LogP contribution in [0.15, 0.2) is 55.0 Å². The Morgan fingerprint density at radius 2 is 1.90 bits per heavy atom. The van der Waals surface area contributed by atoms with Gasteiger partial charge in [0.25, 0.3) is 0 Å². The van der Waals surface area contributed by atoms with Gasteiger partial charge in [-0.2, -0.15) is 0 Å². The maximum Gasteiger partial charge on any atom is 0.230 e. The number of nitrogen functional groups attached to an aromatic ring is 1. The molecule has 5 rings (SSSR count). The number of para-hydroxylation sites is 1. The fourth-order valence-electron chi connectivity index (χ4n) is 3.42. The van der Waals surface area contributed by atoms with Crippen LogP contribution in [0.4, 0.5) is 17.6 Å². The van der Waals surface area contributed by atoms with Crippen LogP contribution < -0.4 is 10.6 Å². The van der Waals surface area contributed by atoms with Gasteiger partial charge >= 0.3 is 0 Å². The van der Waals surface area contributed by atoms with E-state index >= 15 is 0 Å². The SMILES string of the molecule is CN(c1cnc2ccccc2c1)c1nccc(-c2cnc(N)nc2CC2CC2)n1. The van der Waals surface area contributed by atoms with E-state index in [9.17, 15) is 0 Å². The molecule has 7 heteroatoms. The zero-order chi connectivity index (χ0) is 19.8. The molecule has 3 heterocycles. The number of benzene rings is 1. The van der Waals surface area contributed by atoms with Gasteiger partial charge in [-0.1, -0.05) is 18.2 Å². The summed E-state index contributed by atoms with van der Waals surface area (Å²) in [7, 11) is 1.94. The molecule has 0 spiro atoms. The van der Waals surface area contributed by atoms with Crippen molar-refractivity contribution >= 4 is 28.5 Å². The highest BCUT2D eigenvalue weighted by atomic mass is 15.2. The van der Waals surface area contributed by atoms with Gasteiger partial charge in [-0.15, -0.1) is 0 Å². The van der Waals surface area contributed by atoms with E-state index in [2.05, 4.69) is 26.0 Å². The number of hydrogen-bond acceptors (Lipinski definition) is 7. The van der Waals surface area contributed by atoms with E-state index in [1.54, 1.807) is 12.4 Å². The smallest absolute Gasteiger partial charge is 0.230 e. The van der Waals surface area contributed by atoms with E-state index in [0.29, 0.717) is 17.8 Å². The molecule has 1 fully saturated rings. The lowest BCUT2D eigenvalue weighted by Crippen LogP contribution is -2.14. The summed E-state index contributed by atoms with van der Waals surface area (Å²) in [4.78, 5) is 24.4. The Morgan fingerprint density at radius 3 is 2.76 bits per heavy atom. The van der Waals surface area contributed by atoms with E-state index in [4.69, 9.17) is 10.7 Å². The molecule has 1 aliphatic carbocycles. The first-order valence-corrected chi connectivity index (χ1v) is 9.71. The van der Waals surface area contributed by atoms with Gasteiger partial charge in [-0.25, -0.2) is 19.9 Å². The highest BCUT2D eigenvalue weighted by molar-refractivity contribution is 5.82. The minimum Gasteiger partial charge on any atom is -0.368 e. The monoisotopic (exact) mass is 383 g/mol. The zero-order valence-electron chi connectivity index (χ0n) is 16.2. The molecule has 1 aliphatic rings. The molecule has 1 aromatic carbocycles. The average Bonchev–Trinajstić information content (AvgIpc) is 3.57. The molecule has 0 saturated heterocycles. The zero-order valence-corrected chi connectivity index (χ0v) is 16.2. The summed E-state index contributed by atoms with van der Waals surface area (Å²) in [6, 6.07) is 12.0. The van der Waals surface area contributed by atoms with E-state index in [1.165, 1.54) is 12.8 Å². The van der Waals surface area contributed by atoms with Crippen LogP contribution in [0.25, 0.3) is 22.2 Å². The van der Waals surface area contributed by atoms with Crippen molar-refractivity contribution in [2.45, 2.75) is 19.3 Å². The third kappa shape index (κ3) is 3.59. The molecule has 0 aliphatic heterocycles. The molecule has 0 atom stereocenters. The number of rotatable bonds is 5. The van der Waals surface area contributed by atoms with Crippen molar-refractivity contribution in [3.63, 3.8) is 0 Å². The van der Waals surface area contributed by atoms with Crippen LogP contribution >= 0.6 is 0 Å². The van der Waals surface area contributed by atoms with Crippen LogP contribution in [-0.2, 0) is 6.42 Å². The molecular formula is C22H21N7. The quantitative estimate of drug-likeness (QED) is 0.560. The number of hydrogen-bond donors (Lipinski definition) is 1. The number of fused-ring (bicyclic) bond motifs is 1. The molecule has 1 saturated carbocycles. The van der Waals surface area contributed by atoms with Gasteiger partial charge in [0, 0.05) is 30.4 Å². The number of anilines is 3. The van der Waals surface area contributed by atoms with Crippen molar-refractivity contribution in [3.8, 4) is 11.3 Å². The highest BCUT2D eigenvalue weighted by Crippen LogP contribution is 2.35. The van der Waals surface area contributed by atoms with Gasteiger partial charge in [0.05, 0.1) is 28.8 Å². The van der Waals surface area contributed by atoms with Crippen LogP contribution in [0, 0.1) is 5.92 Å². The topological polar surface area (TPSA) is 93.7 Å². The molecule has 2 N–H and O–H groups in total. The number of nitrogens with zero attached hydrogens (tertiary/aromatic N) is 6. The number of pyridine rings is 1. The summed E-state index contributed by atoms with van der Waals surface area (Å²) < 4.78 is 0. The Kier molecular flexibility index (Phi) is 4.27. The summed E-state index contributed by atoms with van der Waals surface area (Å²) in [6.07, 6.45) is 8.77. The lowest BCUT2D eigenvalue weighted by Gasteiger charge is -2.18. The fraction of sp³-hybridized carbons (Fsp3) is 0.227. The molecular weight excluding hydrogens is 362 g/mol. The minimum absolute atomic E-state index is 0.304. The molecule has 0 amide bonds. The molecule has 0 unspecified atom stereocenters. The molecule has 3 aromatic heterocycles. The molecule has 4 aromatic rings. The maximum atomic E-state index is 5.83.